The minimum absolute atomic E-state index is 0.0520. The molecule has 1 saturated carbocycles. The number of rotatable bonds is 6. The van der Waals surface area contributed by atoms with Crippen molar-refractivity contribution in [2.45, 2.75) is 25.2 Å². The van der Waals surface area contributed by atoms with E-state index in [1.807, 2.05) is 24.3 Å². The van der Waals surface area contributed by atoms with Gasteiger partial charge in [0.2, 0.25) is 5.91 Å². The summed E-state index contributed by atoms with van der Waals surface area (Å²) in [6, 6.07) is 29.0. The molecule has 4 aromatic rings. The summed E-state index contributed by atoms with van der Waals surface area (Å²) in [7, 11) is 0. The number of carbonyl (C=O) groups is 1. The zero-order chi connectivity index (χ0) is 20.3. The standard InChI is InChI=1S/C26H23N3O/c30-26(27-25-17-24(28-29-25)23-14-15-23)16-18-6-8-20(9-7-18)22-12-10-21(11-13-22)19-4-2-1-3-5-19/h1-13,17,23H,14-16H2,(H2,27,28,29,30). The number of hydrogen-bond donors (Lipinski definition) is 2. The Labute approximate surface area is 176 Å². The van der Waals surface area contributed by atoms with Crippen molar-refractivity contribution in [2.75, 3.05) is 5.32 Å². The van der Waals surface area contributed by atoms with Crippen molar-refractivity contribution in [3.05, 3.63) is 96.2 Å². The van der Waals surface area contributed by atoms with Gasteiger partial charge < -0.3 is 5.32 Å². The number of anilines is 1. The van der Waals surface area contributed by atoms with Gasteiger partial charge in [0.1, 0.15) is 0 Å². The van der Waals surface area contributed by atoms with Gasteiger partial charge in [-0.1, -0.05) is 78.9 Å². The molecule has 0 aliphatic heterocycles. The second-order valence-electron chi connectivity index (χ2n) is 7.85. The highest BCUT2D eigenvalue weighted by atomic mass is 16.1. The number of benzene rings is 3. The number of nitrogens with one attached hydrogen (secondary N) is 2. The average molecular weight is 393 g/mol. The number of aromatic amines is 1. The van der Waals surface area contributed by atoms with Gasteiger partial charge in [0.15, 0.2) is 5.82 Å². The van der Waals surface area contributed by atoms with Gasteiger partial charge in [-0.25, -0.2) is 0 Å². The third-order valence-corrected chi connectivity index (χ3v) is 5.53. The number of H-pyrrole nitrogens is 1. The van der Waals surface area contributed by atoms with Gasteiger partial charge in [-0.2, -0.15) is 5.10 Å². The molecule has 4 nitrogen and oxygen atoms in total. The van der Waals surface area contributed by atoms with E-state index in [1.165, 1.54) is 24.0 Å². The maximum atomic E-state index is 12.3. The molecule has 1 aromatic heterocycles. The van der Waals surface area contributed by atoms with Crippen LogP contribution in [0.15, 0.2) is 84.9 Å². The number of aromatic nitrogens is 2. The van der Waals surface area contributed by atoms with Crippen LogP contribution in [0.2, 0.25) is 0 Å². The number of amides is 1. The third-order valence-electron chi connectivity index (χ3n) is 5.53. The molecule has 2 N–H and O–H groups in total. The largest absolute Gasteiger partial charge is 0.309 e. The van der Waals surface area contributed by atoms with E-state index >= 15 is 0 Å². The first kappa shape index (κ1) is 18.4. The highest BCUT2D eigenvalue weighted by Crippen LogP contribution is 2.39. The van der Waals surface area contributed by atoms with Crippen LogP contribution in [0.1, 0.15) is 30.0 Å². The normalized spacial score (nSPS) is 13.2. The summed E-state index contributed by atoms with van der Waals surface area (Å²) in [5.74, 6) is 1.15. The van der Waals surface area contributed by atoms with Crippen LogP contribution in [0.25, 0.3) is 22.3 Å². The fraction of sp³-hybridized carbons (Fsp3) is 0.154. The van der Waals surface area contributed by atoms with Gasteiger partial charge in [0, 0.05) is 17.7 Å². The summed E-state index contributed by atoms with van der Waals surface area (Å²) in [5, 5.41) is 10.1. The van der Waals surface area contributed by atoms with Crippen LogP contribution in [0.3, 0.4) is 0 Å². The first-order chi connectivity index (χ1) is 14.7. The monoisotopic (exact) mass is 393 g/mol. The quantitative estimate of drug-likeness (QED) is 0.435. The predicted octanol–water partition coefficient (Wildman–Crippen LogP) is 5.80. The molecule has 1 amide bonds. The van der Waals surface area contributed by atoms with Crippen molar-refractivity contribution >= 4 is 11.7 Å². The number of carbonyl (C=O) groups excluding carboxylic acids is 1. The highest BCUT2D eigenvalue weighted by molar-refractivity contribution is 5.91. The van der Waals surface area contributed by atoms with Crippen molar-refractivity contribution < 1.29 is 4.79 Å². The number of hydrogen-bond acceptors (Lipinski definition) is 2. The van der Waals surface area contributed by atoms with Crippen molar-refractivity contribution in [3.8, 4) is 22.3 Å². The lowest BCUT2D eigenvalue weighted by Gasteiger charge is -2.07. The van der Waals surface area contributed by atoms with Gasteiger partial charge in [0.25, 0.3) is 0 Å². The summed E-state index contributed by atoms with van der Waals surface area (Å²) < 4.78 is 0. The Morgan fingerprint density at radius 3 is 2.00 bits per heavy atom. The molecule has 0 unspecified atom stereocenters. The first-order valence-corrected chi connectivity index (χ1v) is 10.3. The SMILES string of the molecule is O=C(Cc1ccc(-c2ccc(-c3ccccc3)cc2)cc1)Nc1cc(C2CC2)[nH]n1. The second kappa shape index (κ2) is 7.99. The molecule has 0 bridgehead atoms. The summed E-state index contributed by atoms with van der Waals surface area (Å²) in [5.41, 5.74) is 6.82. The van der Waals surface area contributed by atoms with E-state index in [0.717, 1.165) is 22.4 Å². The third kappa shape index (κ3) is 4.18. The van der Waals surface area contributed by atoms with Crippen molar-refractivity contribution in [3.63, 3.8) is 0 Å². The minimum Gasteiger partial charge on any atom is -0.309 e. The Morgan fingerprint density at radius 2 is 1.40 bits per heavy atom. The predicted molar refractivity (Wildman–Crippen MR) is 120 cm³/mol. The lowest BCUT2D eigenvalue weighted by Crippen LogP contribution is -2.14. The zero-order valence-electron chi connectivity index (χ0n) is 16.6. The Bertz CT molecular complexity index is 1140. The van der Waals surface area contributed by atoms with Gasteiger partial charge in [0.05, 0.1) is 6.42 Å². The zero-order valence-corrected chi connectivity index (χ0v) is 16.6. The molecular weight excluding hydrogens is 370 g/mol. The molecule has 1 aliphatic carbocycles. The maximum Gasteiger partial charge on any atom is 0.229 e. The van der Waals surface area contributed by atoms with E-state index < -0.39 is 0 Å². The summed E-state index contributed by atoms with van der Waals surface area (Å²) >= 11 is 0. The first-order valence-electron chi connectivity index (χ1n) is 10.3. The molecule has 1 heterocycles. The average Bonchev–Trinajstić information content (AvgIpc) is 3.54. The molecule has 1 fully saturated rings. The molecule has 3 aromatic carbocycles. The Balaban J connectivity index is 1.22. The van der Waals surface area contributed by atoms with Crippen LogP contribution in [-0.4, -0.2) is 16.1 Å². The Morgan fingerprint density at radius 1 is 0.833 bits per heavy atom. The summed E-state index contributed by atoms with van der Waals surface area (Å²) in [6.45, 7) is 0. The van der Waals surface area contributed by atoms with Crippen LogP contribution in [0, 0.1) is 0 Å². The van der Waals surface area contributed by atoms with Gasteiger partial charge in [-0.15, -0.1) is 0 Å². The molecule has 0 radical (unpaired) electrons. The molecule has 148 valence electrons. The molecule has 0 atom stereocenters. The van der Waals surface area contributed by atoms with Crippen LogP contribution >= 0.6 is 0 Å². The van der Waals surface area contributed by atoms with Gasteiger partial charge >= 0.3 is 0 Å². The fourth-order valence-electron chi connectivity index (χ4n) is 3.68. The lowest BCUT2D eigenvalue weighted by atomic mass is 9.99. The van der Waals surface area contributed by atoms with E-state index in [0.29, 0.717) is 18.2 Å². The minimum atomic E-state index is -0.0520. The second-order valence-corrected chi connectivity index (χ2v) is 7.85. The molecule has 4 heteroatoms. The topological polar surface area (TPSA) is 57.8 Å². The highest BCUT2D eigenvalue weighted by Gasteiger charge is 2.25. The van der Waals surface area contributed by atoms with Crippen molar-refractivity contribution in [2.24, 2.45) is 0 Å². The van der Waals surface area contributed by atoms with E-state index in [1.54, 1.807) is 0 Å². The van der Waals surface area contributed by atoms with Crippen LogP contribution in [0.5, 0.6) is 0 Å². The van der Waals surface area contributed by atoms with Crippen LogP contribution < -0.4 is 5.32 Å². The summed E-state index contributed by atoms with van der Waals surface area (Å²) in [4.78, 5) is 12.3. The van der Waals surface area contributed by atoms with Gasteiger partial charge in [-0.3, -0.25) is 9.89 Å². The lowest BCUT2D eigenvalue weighted by molar-refractivity contribution is -0.115. The van der Waals surface area contributed by atoms with Gasteiger partial charge in [-0.05, 0) is 40.7 Å². The maximum absolute atomic E-state index is 12.3. The van der Waals surface area contributed by atoms with Crippen LogP contribution in [0.4, 0.5) is 5.82 Å². The van der Waals surface area contributed by atoms with Crippen LogP contribution in [-0.2, 0) is 11.2 Å². The van der Waals surface area contributed by atoms with E-state index in [4.69, 9.17) is 0 Å². The summed E-state index contributed by atoms with van der Waals surface area (Å²) in [6.07, 6.45) is 2.74. The molecule has 5 rings (SSSR count). The van der Waals surface area contributed by atoms with E-state index in [-0.39, 0.29) is 5.91 Å². The molecule has 1 aliphatic rings. The fourth-order valence-corrected chi connectivity index (χ4v) is 3.68. The molecule has 30 heavy (non-hydrogen) atoms. The smallest absolute Gasteiger partial charge is 0.229 e. The molecule has 0 spiro atoms. The molecular formula is C26H23N3O. The van der Waals surface area contributed by atoms with E-state index in [9.17, 15) is 4.79 Å². The van der Waals surface area contributed by atoms with E-state index in [2.05, 4.69) is 76.2 Å². The Kier molecular flexibility index (Phi) is 4.89. The Hall–Kier alpha value is -3.66. The van der Waals surface area contributed by atoms with Crippen molar-refractivity contribution in [1.29, 1.82) is 0 Å². The number of nitrogens with zero attached hydrogens (tertiary/aromatic N) is 1. The molecule has 0 saturated heterocycles. The van der Waals surface area contributed by atoms with Crippen molar-refractivity contribution in [1.82, 2.24) is 10.2 Å².